The Balaban J connectivity index is 2.29. The number of carbonyl (C=O) groups is 1. The summed E-state index contributed by atoms with van der Waals surface area (Å²) < 4.78 is 5.19. The Kier molecular flexibility index (Phi) is 2.75. The molecule has 0 bridgehead atoms. The van der Waals surface area contributed by atoms with Crippen molar-refractivity contribution in [1.82, 2.24) is 0 Å². The van der Waals surface area contributed by atoms with Gasteiger partial charge in [-0.3, -0.25) is 0 Å². The predicted molar refractivity (Wildman–Crippen MR) is 58.6 cm³/mol. The van der Waals surface area contributed by atoms with E-state index in [1.165, 1.54) is 6.92 Å². The Morgan fingerprint density at radius 3 is 2.82 bits per heavy atom. The second kappa shape index (κ2) is 4.08. The van der Waals surface area contributed by atoms with Crippen molar-refractivity contribution in [3.8, 4) is 5.75 Å². The van der Waals surface area contributed by atoms with Gasteiger partial charge in [0.2, 0.25) is 0 Å². The number of oxime groups is 1. The van der Waals surface area contributed by atoms with Crippen LogP contribution >= 0.6 is 0 Å². The minimum absolute atomic E-state index is 0.162. The zero-order chi connectivity index (χ0) is 12.5. The average molecular weight is 234 g/mol. The molecule has 1 heterocycles. The zero-order valence-electron chi connectivity index (χ0n) is 9.60. The number of para-hydroxylation sites is 1. The summed E-state index contributed by atoms with van der Waals surface area (Å²) in [6, 6.07) is 7.25. The third-order valence-corrected chi connectivity index (χ3v) is 2.71. The van der Waals surface area contributed by atoms with E-state index in [-0.39, 0.29) is 6.42 Å². The molecule has 0 radical (unpaired) electrons. The molecular formula is C12H12NO4-. The number of rotatable bonds is 3. The molecule has 2 rings (SSSR count). The number of methoxy groups -OCH3 is 1. The molecule has 5 heteroatoms. The van der Waals surface area contributed by atoms with Crippen LogP contribution in [-0.2, 0) is 9.63 Å². The molecule has 17 heavy (non-hydrogen) atoms. The molecule has 1 atom stereocenters. The van der Waals surface area contributed by atoms with E-state index in [4.69, 9.17) is 9.57 Å². The van der Waals surface area contributed by atoms with Crippen molar-refractivity contribution in [2.45, 2.75) is 18.9 Å². The molecule has 0 N–H and O–H groups in total. The Morgan fingerprint density at radius 1 is 1.53 bits per heavy atom. The first-order chi connectivity index (χ1) is 8.07. The lowest BCUT2D eigenvalue weighted by atomic mass is 9.96. The van der Waals surface area contributed by atoms with Crippen LogP contribution in [0.5, 0.6) is 5.75 Å². The van der Waals surface area contributed by atoms with Crippen LogP contribution in [0.4, 0.5) is 0 Å². The van der Waals surface area contributed by atoms with Gasteiger partial charge in [-0.1, -0.05) is 17.3 Å². The predicted octanol–water partition coefficient (Wildman–Crippen LogP) is 0.328. The van der Waals surface area contributed by atoms with E-state index >= 15 is 0 Å². The summed E-state index contributed by atoms with van der Waals surface area (Å²) in [5, 5.41) is 14.7. The second-order valence-corrected chi connectivity index (χ2v) is 4.02. The molecule has 1 aliphatic heterocycles. The van der Waals surface area contributed by atoms with Crippen LogP contribution in [0.2, 0.25) is 0 Å². The van der Waals surface area contributed by atoms with Crippen molar-refractivity contribution in [2.75, 3.05) is 7.11 Å². The summed E-state index contributed by atoms with van der Waals surface area (Å²) in [5.74, 6) is -0.636. The number of carboxylic acids is 1. The molecule has 5 nitrogen and oxygen atoms in total. The van der Waals surface area contributed by atoms with Gasteiger partial charge in [-0.25, -0.2) is 0 Å². The van der Waals surface area contributed by atoms with Crippen LogP contribution in [0.1, 0.15) is 18.9 Å². The van der Waals surface area contributed by atoms with Gasteiger partial charge in [-0.05, 0) is 19.1 Å². The maximum absolute atomic E-state index is 10.9. The van der Waals surface area contributed by atoms with Gasteiger partial charge in [0.25, 0.3) is 0 Å². The Morgan fingerprint density at radius 2 is 2.24 bits per heavy atom. The fraction of sp³-hybridized carbons (Fsp3) is 0.333. The van der Waals surface area contributed by atoms with E-state index in [1.54, 1.807) is 13.2 Å². The highest BCUT2D eigenvalue weighted by Gasteiger charge is 2.37. The van der Waals surface area contributed by atoms with Crippen molar-refractivity contribution < 1.29 is 19.5 Å². The molecule has 90 valence electrons. The quantitative estimate of drug-likeness (QED) is 0.755. The number of nitrogens with zero attached hydrogens (tertiary/aromatic N) is 1. The molecule has 0 aliphatic carbocycles. The van der Waals surface area contributed by atoms with E-state index in [9.17, 15) is 9.90 Å². The van der Waals surface area contributed by atoms with Gasteiger partial charge in [0, 0.05) is 12.0 Å². The second-order valence-electron chi connectivity index (χ2n) is 4.02. The largest absolute Gasteiger partial charge is 0.546 e. The van der Waals surface area contributed by atoms with Crippen LogP contribution in [0, 0.1) is 0 Å². The molecule has 0 unspecified atom stereocenters. The molecule has 1 aliphatic rings. The molecule has 0 amide bonds. The van der Waals surface area contributed by atoms with E-state index in [0.717, 1.165) is 5.56 Å². The third kappa shape index (κ3) is 1.95. The minimum Gasteiger partial charge on any atom is -0.546 e. The van der Waals surface area contributed by atoms with Gasteiger partial charge in [0.1, 0.15) is 5.75 Å². The summed E-state index contributed by atoms with van der Waals surface area (Å²) in [4.78, 5) is 15.9. The number of ether oxygens (including phenoxy) is 1. The highest BCUT2D eigenvalue weighted by molar-refractivity contribution is 6.06. The number of hydrogen-bond acceptors (Lipinski definition) is 5. The van der Waals surface area contributed by atoms with Crippen molar-refractivity contribution in [3.63, 3.8) is 0 Å². The summed E-state index contributed by atoms with van der Waals surface area (Å²) in [7, 11) is 1.55. The highest BCUT2D eigenvalue weighted by atomic mass is 16.7. The molecule has 0 spiro atoms. The maximum atomic E-state index is 10.9. The number of aliphatic carboxylic acids is 1. The van der Waals surface area contributed by atoms with Crippen molar-refractivity contribution >= 4 is 11.7 Å². The van der Waals surface area contributed by atoms with Crippen LogP contribution in [0.3, 0.4) is 0 Å². The van der Waals surface area contributed by atoms with E-state index in [1.807, 2.05) is 18.2 Å². The monoisotopic (exact) mass is 234 g/mol. The van der Waals surface area contributed by atoms with Gasteiger partial charge < -0.3 is 19.5 Å². The fourth-order valence-corrected chi connectivity index (χ4v) is 1.68. The highest BCUT2D eigenvalue weighted by Crippen LogP contribution is 2.29. The molecular weight excluding hydrogens is 222 g/mol. The summed E-state index contributed by atoms with van der Waals surface area (Å²) >= 11 is 0. The van der Waals surface area contributed by atoms with E-state index in [2.05, 4.69) is 5.16 Å². The fourth-order valence-electron chi connectivity index (χ4n) is 1.68. The smallest absolute Gasteiger partial charge is 0.179 e. The van der Waals surface area contributed by atoms with Gasteiger partial charge in [-0.15, -0.1) is 0 Å². The molecule has 0 aromatic heterocycles. The lowest BCUT2D eigenvalue weighted by molar-refractivity contribution is -0.324. The maximum Gasteiger partial charge on any atom is 0.179 e. The standard InChI is InChI=1S/C12H13NO4/c1-12(11(14)15)7-9(13-17-12)8-5-3-4-6-10(8)16-2/h3-6H,7H2,1-2H3,(H,14,15)/p-1/t12-/m0/s1. The lowest BCUT2D eigenvalue weighted by Crippen LogP contribution is -2.46. The van der Waals surface area contributed by atoms with E-state index < -0.39 is 11.6 Å². The summed E-state index contributed by atoms with van der Waals surface area (Å²) in [6.07, 6.45) is 0.162. The summed E-state index contributed by atoms with van der Waals surface area (Å²) in [5.41, 5.74) is -0.106. The van der Waals surface area contributed by atoms with Crippen LogP contribution in [0.25, 0.3) is 0 Å². The van der Waals surface area contributed by atoms with Gasteiger partial charge in [0.15, 0.2) is 5.60 Å². The first-order valence-electron chi connectivity index (χ1n) is 5.17. The molecule has 0 fully saturated rings. The number of hydrogen-bond donors (Lipinski definition) is 0. The normalized spacial score (nSPS) is 22.8. The Bertz CT molecular complexity index is 483. The number of benzene rings is 1. The first-order valence-corrected chi connectivity index (χ1v) is 5.17. The van der Waals surface area contributed by atoms with Gasteiger partial charge in [-0.2, -0.15) is 0 Å². The summed E-state index contributed by atoms with van der Waals surface area (Å²) in [6.45, 7) is 1.44. The molecule has 1 aromatic rings. The van der Waals surface area contributed by atoms with Crippen molar-refractivity contribution in [1.29, 1.82) is 0 Å². The van der Waals surface area contributed by atoms with Crippen LogP contribution < -0.4 is 9.84 Å². The van der Waals surface area contributed by atoms with Gasteiger partial charge >= 0.3 is 0 Å². The van der Waals surface area contributed by atoms with Crippen LogP contribution in [0.15, 0.2) is 29.4 Å². The first kappa shape index (κ1) is 11.4. The van der Waals surface area contributed by atoms with Crippen molar-refractivity contribution in [2.24, 2.45) is 5.16 Å². The SMILES string of the molecule is COc1ccccc1C1=NO[C@](C)(C(=O)[O-])C1. The number of carboxylic acid groups (broad SMARTS) is 1. The van der Waals surface area contributed by atoms with Crippen molar-refractivity contribution in [3.05, 3.63) is 29.8 Å². The van der Waals surface area contributed by atoms with E-state index in [0.29, 0.717) is 11.5 Å². The minimum atomic E-state index is -1.39. The topological polar surface area (TPSA) is 71.0 Å². The molecule has 1 aromatic carbocycles. The molecule has 0 saturated carbocycles. The van der Waals surface area contributed by atoms with Crippen LogP contribution in [-0.4, -0.2) is 24.4 Å². The number of carbonyl (C=O) groups excluding carboxylic acids is 1. The molecule has 0 saturated heterocycles. The van der Waals surface area contributed by atoms with Gasteiger partial charge in [0.05, 0.1) is 18.8 Å². The zero-order valence-corrected chi connectivity index (χ0v) is 9.60. The third-order valence-electron chi connectivity index (χ3n) is 2.71. The average Bonchev–Trinajstić information content (AvgIpc) is 2.73. The lowest BCUT2D eigenvalue weighted by Gasteiger charge is -2.21. The Labute approximate surface area is 98.6 Å². The Hall–Kier alpha value is -2.04.